The number of rotatable bonds is 5. The Balaban J connectivity index is 1.37. The number of morpholine rings is 1. The molecule has 0 N–H and O–H groups in total. The van der Waals surface area contributed by atoms with E-state index in [-0.39, 0.29) is 18.4 Å². The lowest BCUT2D eigenvalue weighted by Gasteiger charge is -2.40. The summed E-state index contributed by atoms with van der Waals surface area (Å²) in [6.45, 7) is 5.26. The highest BCUT2D eigenvalue weighted by atomic mass is 16.5. The predicted octanol–water partition coefficient (Wildman–Crippen LogP) is 3.56. The number of nitriles is 1. The fraction of sp³-hybridized carbons (Fsp3) is 0.643. The van der Waals surface area contributed by atoms with E-state index in [2.05, 4.69) is 28.9 Å². The van der Waals surface area contributed by atoms with Crippen LogP contribution in [0.1, 0.15) is 63.8 Å². The Kier molecular flexibility index (Phi) is 6.41. The topological polar surface area (TPSA) is 106 Å². The molecule has 3 aromatic heterocycles. The van der Waals surface area contributed by atoms with Gasteiger partial charge in [0.05, 0.1) is 42.5 Å². The minimum absolute atomic E-state index is 0.0734. The second-order valence-electron chi connectivity index (χ2n) is 11.3. The Bertz CT molecular complexity index is 1370. The fourth-order valence-electron chi connectivity index (χ4n) is 6.92. The van der Waals surface area contributed by atoms with Gasteiger partial charge in [0.1, 0.15) is 18.1 Å². The minimum Gasteiger partial charge on any atom is -0.381 e. The Hall–Kier alpha value is -3.20. The van der Waals surface area contributed by atoms with E-state index in [1.807, 2.05) is 16.9 Å². The number of ether oxygens (including phenoxy) is 3. The first kappa shape index (κ1) is 24.8. The van der Waals surface area contributed by atoms with Gasteiger partial charge in [0, 0.05) is 44.6 Å². The molecule has 7 heterocycles. The van der Waals surface area contributed by atoms with Crippen LogP contribution in [0.25, 0.3) is 16.9 Å². The molecule has 7 rings (SSSR count). The lowest BCUT2D eigenvalue weighted by Crippen LogP contribution is -2.47. The van der Waals surface area contributed by atoms with Crippen molar-refractivity contribution in [3.8, 4) is 11.9 Å². The molecular formula is C28H36N8O3. The van der Waals surface area contributed by atoms with Gasteiger partial charge in [-0.3, -0.25) is 0 Å². The Morgan fingerprint density at radius 3 is 2.64 bits per heavy atom. The van der Waals surface area contributed by atoms with Gasteiger partial charge in [0.15, 0.2) is 17.2 Å². The van der Waals surface area contributed by atoms with Gasteiger partial charge in [-0.1, -0.05) is 0 Å². The van der Waals surface area contributed by atoms with Crippen LogP contribution >= 0.6 is 0 Å². The van der Waals surface area contributed by atoms with Gasteiger partial charge in [-0.25, -0.2) is 9.67 Å². The molecule has 0 aliphatic carbocycles. The molecule has 4 aliphatic heterocycles. The number of piperidine rings is 1. The largest absolute Gasteiger partial charge is 0.381 e. The van der Waals surface area contributed by atoms with Crippen LogP contribution in [-0.4, -0.2) is 82.2 Å². The van der Waals surface area contributed by atoms with Crippen LogP contribution in [0.3, 0.4) is 0 Å². The van der Waals surface area contributed by atoms with Crippen LogP contribution < -0.4 is 9.80 Å². The van der Waals surface area contributed by atoms with Crippen molar-refractivity contribution in [2.24, 2.45) is 0 Å². The van der Waals surface area contributed by atoms with Gasteiger partial charge < -0.3 is 24.0 Å². The van der Waals surface area contributed by atoms with Gasteiger partial charge >= 0.3 is 0 Å². The summed E-state index contributed by atoms with van der Waals surface area (Å²) in [6.07, 6.45) is 9.32. The molecule has 3 aromatic rings. The zero-order valence-corrected chi connectivity index (χ0v) is 22.7. The maximum Gasteiger partial charge on any atom is 0.177 e. The van der Waals surface area contributed by atoms with Gasteiger partial charge in [0.25, 0.3) is 0 Å². The summed E-state index contributed by atoms with van der Waals surface area (Å²) in [5.74, 6) is 1.57. The summed E-state index contributed by atoms with van der Waals surface area (Å²) >= 11 is 0. The number of anilines is 2. The zero-order chi connectivity index (χ0) is 26.5. The molecule has 0 radical (unpaired) electrons. The number of hydrogen-bond donors (Lipinski definition) is 0. The Morgan fingerprint density at radius 1 is 1.08 bits per heavy atom. The molecule has 39 heavy (non-hydrogen) atoms. The zero-order valence-electron chi connectivity index (χ0n) is 22.7. The number of methoxy groups -OCH3 is 1. The second-order valence-corrected chi connectivity index (χ2v) is 11.3. The molecule has 0 saturated carbocycles. The van der Waals surface area contributed by atoms with E-state index in [1.165, 1.54) is 0 Å². The van der Waals surface area contributed by atoms with Crippen molar-refractivity contribution in [2.75, 3.05) is 43.3 Å². The van der Waals surface area contributed by atoms with Crippen LogP contribution in [0.15, 0.2) is 18.3 Å². The van der Waals surface area contributed by atoms with Crippen molar-refractivity contribution in [1.29, 1.82) is 5.26 Å². The van der Waals surface area contributed by atoms with Crippen LogP contribution in [0.4, 0.5) is 11.5 Å². The molecule has 4 saturated heterocycles. The number of fused-ring (bicyclic) bond motifs is 3. The summed E-state index contributed by atoms with van der Waals surface area (Å²) in [7, 11) is 1.79. The van der Waals surface area contributed by atoms with E-state index in [1.54, 1.807) is 11.8 Å². The quantitative estimate of drug-likeness (QED) is 0.487. The average molecular weight is 533 g/mol. The maximum absolute atomic E-state index is 10.2. The van der Waals surface area contributed by atoms with Gasteiger partial charge in [-0.15, -0.1) is 0 Å². The third-order valence-electron chi connectivity index (χ3n) is 8.95. The van der Waals surface area contributed by atoms with Crippen LogP contribution in [-0.2, 0) is 14.2 Å². The highest BCUT2D eigenvalue weighted by molar-refractivity contribution is 5.96. The van der Waals surface area contributed by atoms with Crippen molar-refractivity contribution >= 4 is 22.5 Å². The molecule has 4 fully saturated rings. The molecule has 4 aliphatic rings. The minimum atomic E-state index is -0.0734. The molecule has 0 amide bonds. The first-order valence-electron chi connectivity index (χ1n) is 14.3. The molecule has 206 valence electrons. The molecule has 2 bridgehead atoms. The van der Waals surface area contributed by atoms with Gasteiger partial charge in [-0.2, -0.15) is 20.1 Å². The third-order valence-corrected chi connectivity index (χ3v) is 8.95. The van der Waals surface area contributed by atoms with Crippen molar-refractivity contribution in [1.82, 2.24) is 24.5 Å². The second kappa shape index (κ2) is 10.1. The van der Waals surface area contributed by atoms with E-state index in [9.17, 15) is 5.26 Å². The fourth-order valence-corrected chi connectivity index (χ4v) is 6.92. The van der Waals surface area contributed by atoms with E-state index >= 15 is 0 Å². The van der Waals surface area contributed by atoms with Crippen LogP contribution in [0.5, 0.6) is 0 Å². The van der Waals surface area contributed by atoms with E-state index < -0.39 is 0 Å². The Labute approximate surface area is 228 Å². The first-order valence-corrected chi connectivity index (χ1v) is 14.3. The summed E-state index contributed by atoms with van der Waals surface area (Å²) in [6, 6.07) is 7.35. The molecule has 5 atom stereocenters. The molecule has 0 spiro atoms. The molecule has 11 heteroatoms. The number of aromatic nitrogens is 5. The average Bonchev–Trinajstić information content (AvgIpc) is 3.67. The van der Waals surface area contributed by atoms with Gasteiger partial charge in [0.2, 0.25) is 0 Å². The number of nitrogens with zero attached hydrogens (tertiary/aromatic N) is 8. The maximum atomic E-state index is 10.2. The molecule has 0 aromatic carbocycles. The molecule has 11 nitrogen and oxygen atoms in total. The highest BCUT2D eigenvalue weighted by Gasteiger charge is 2.39. The first-order chi connectivity index (χ1) is 19.1. The smallest absolute Gasteiger partial charge is 0.177 e. The lowest BCUT2D eigenvalue weighted by atomic mass is 9.99. The van der Waals surface area contributed by atoms with Crippen molar-refractivity contribution in [3.63, 3.8) is 0 Å². The van der Waals surface area contributed by atoms with Gasteiger partial charge in [-0.05, 0) is 51.9 Å². The van der Waals surface area contributed by atoms with E-state index in [0.29, 0.717) is 29.2 Å². The summed E-state index contributed by atoms with van der Waals surface area (Å²) in [5.41, 5.74) is 2.05. The standard InChI is InChI=1S/C28H36N8O3/c1-18-13-21(37-2)8-10-33(18)23-14-25(35-19-6-7-20(35)17-38-16-19)30-28-27(23)22(15-29)31-36(28)24-9-11-34(32-24)26-5-3-4-12-39-26/h9,11,14,18-21,26H,3-8,10,12-13,16-17H2,1-2H3/t18-,19?,20?,21?,26?/m1/s1. The van der Waals surface area contributed by atoms with E-state index in [4.69, 9.17) is 29.4 Å². The SMILES string of the molecule is COC1CCN(c2cc(N3C4CCC3COC4)nc3c2c(C#N)nn3-c2ccn(C3CCCCO3)n2)[C@H](C)C1. The number of hydrogen-bond acceptors (Lipinski definition) is 9. The van der Waals surface area contributed by atoms with Crippen molar-refractivity contribution < 1.29 is 14.2 Å². The summed E-state index contributed by atoms with van der Waals surface area (Å²) in [5, 5.41) is 20.6. The van der Waals surface area contributed by atoms with Crippen molar-refractivity contribution in [2.45, 2.75) is 82.3 Å². The monoisotopic (exact) mass is 532 g/mol. The van der Waals surface area contributed by atoms with Crippen LogP contribution in [0.2, 0.25) is 0 Å². The predicted molar refractivity (Wildman–Crippen MR) is 145 cm³/mol. The molecule has 4 unspecified atom stereocenters. The van der Waals surface area contributed by atoms with Crippen LogP contribution in [0, 0.1) is 11.3 Å². The number of pyridine rings is 1. The lowest BCUT2D eigenvalue weighted by molar-refractivity contribution is -0.0395. The molecular weight excluding hydrogens is 496 g/mol. The summed E-state index contributed by atoms with van der Waals surface area (Å²) in [4.78, 5) is 10.1. The normalized spacial score (nSPS) is 29.2. The summed E-state index contributed by atoms with van der Waals surface area (Å²) < 4.78 is 21.1. The van der Waals surface area contributed by atoms with Crippen molar-refractivity contribution in [3.05, 3.63) is 24.0 Å². The third kappa shape index (κ3) is 4.26. The van der Waals surface area contributed by atoms with E-state index in [0.717, 1.165) is 88.2 Å². The Morgan fingerprint density at radius 2 is 1.92 bits per heavy atom. The highest BCUT2D eigenvalue weighted by Crippen LogP contribution is 2.40.